The minimum atomic E-state index is -0.144. The molecule has 136 valence electrons. The zero-order valence-corrected chi connectivity index (χ0v) is 16.3. The summed E-state index contributed by atoms with van der Waals surface area (Å²) in [5.41, 5.74) is 2.59. The van der Waals surface area contributed by atoms with Crippen molar-refractivity contribution >= 4 is 39.1 Å². The van der Waals surface area contributed by atoms with Gasteiger partial charge in [-0.2, -0.15) is 0 Å². The molecule has 0 atom stereocenters. The number of thiophene rings is 1. The Labute approximate surface area is 165 Å². The molecule has 0 bridgehead atoms. The third-order valence-corrected chi connectivity index (χ3v) is 5.87. The van der Waals surface area contributed by atoms with Crippen LogP contribution in [0.1, 0.15) is 26.5 Å². The molecule has 0 radical (unpaired) electrons. The number of amides is 1. The van der Waals surface area contributed by atoms with Crippen molar-refractivity contribution in [3.05, 3.63) is 69.4 Å². The minimum Gasteiger partial charge on any atom is -0.461 e. The second-order valence-electron chi connectivity index (χ2n) is 6.12. The number of carbonyl (C=O) groups is 1. The molecule has 1 aromatic carbocycles. The predicted octanol–water partition coefficient (Wildman–Crippen LogP) is 5.15. The molecular formula is C20H16ClN3O2S. The van der Waals surface area contributed by atoms with E-state index in [0.29, 0.717) is 28.0 Å². The molecule has 3 aromatic heterocycles. The highest BCUT2D eigenvalue weighted by Gasteiger charge is 2.20. The molecular weight excluding hydrogens is 382 g/mol. The van der Waals surface area contributed by atoms with Crippen LogP contribution in [0, 0.1) is 13.8 Å². The summed E-state index contributed by atoms with van der Waals surface area (Å²) in [6, 6.07) is 11.1. The van der Waals surface area contributed by atoms with Gasteiger partial charge in [-0.25, -0.2) is 9.97 Å². The van der Waals surface area contributed by atoms with Crippen LogP contribution in [-0.2, 0) is 6.54 Å². The Hall–Kier alpha value is -2.70. The van der Waals surface area contributed by atoms with Crippen molar-refractivity contribution in [2.24, 2.45) is 0 Å². The van der Waals surface area contributed by atoms with Crippen molar-refractivity contribution in [3.8, 4) is 11.6 Å². The fourth-order valence-electron chi connectivity index (χ4n) is 2.97. The van der Waals surface area contributed by atoms with E-state index in [9.17, 15) is 4.79 Å². The molecule has 0 unspecified atom stereocenters. The van der Waals surface area contributed by atoms with Crippen LogP contribution in [0.15, 0.2) is 47.1 Å². The summed E-state index contributed by atoms with van der Waals surface area (Å²) in [6.07, 6.45) is 1.59. The summed E-state index contributed by atoms with van der Waals surface area (Å²) in [5, 5.41) is 4.49. The van der Waals surface area contributed by atoms with Gasteiger partial charge in [0.25, 0.3) is 5.91 Å². The normalized spacial score (nSPS) is 11.1. The molecule has 5 nitrogen and oxygen atoms in total. The highest BCUT2D eigenvalue weighted by molar-refractivity contribution is 7.20. The molecule has 0 saturated heterocycles. The number of furan rings is 1. The molecule has 4 rings (SSSR count). The molecule has 0 spiro atoms. The van der Waals surface area contributed by atoms with Gasteiger partial charge in [0.15, 0.2) is 11.6 Å². The lowest BCUT2D eigenvalue weighted by atomic mass is 10.1. The maximum Gasteiger partial charge on any atom is 0.261 e. The Balaban J connectivity index is 1.66. The van der Waals surface area contributed by atoms with Crippen LogP contribution in [0.2, 0.25) is 5.02 Å². The number of aromatic nitrogens is 2. The van der Waals surface area contributed by atoms with Crippen LogP contribution < -0.4 is 5.32 Å². The second-order valence-corrected chi connectivity index (χ2v) is 7.53. The zero-order valence-electron chi connectivity index (χ0n) is 14.7. The van der Waals surface area contributed by atoms with Gasteiger partial charge >= 0.3 is 0 Å². The Morgan fingerprint density at radius 1 is 1.19 bits per heavy atom. The van der Waals surface area contributed by atoms with Crippen LogP contribution in [0.5, 0.6) is 0 Å². The molecule has 7 heteroatoms. The third kappa shape index (κ3) is 3.34. The van der Waals surface area contributed by atoms with Gasteiger partial charge in [0.2, 0.25) is 0 Å². The maximum absolute atomic E-state index is 12.7. The third-order valence-electron chi connectivity index (χ3n) is 4.32. The van der Waals surface area contributed by atoms with E-state index in [2.05, 4.69) is 15.3 Å². The zero-order chi connectivity index (χ0) is 19.0. The number of carbonyl (C=O) groups excluding carboxylic acids is 1. The summed E-state index contributed by atoms with van der Waals surface area (Å²) in [4.78, 5) is 23.3. The molecule has 1 amide bonds. The van der Waals surface area contributed by atoms with E-state index < -0.39 is 0 Å². The van der Waals surface area contributed by atoms with Crippen molar-refractivity contribution in [1.82, 2.24) is 15.3 Å². The van der Waals surface area contributed by atoms with Gasteiger partial charge in [0, 0.05) is 17.0 Å². The topological polar surface area (TPSA) is 68.0 Å². The lowest BCUT2D eigenvalue weighted by Gasteiger charge is -2.06. The Morgan fingerprint density at radius 2 is 2.00 bits per heavy atom. The highest BCUT2D eigenvalue weighted by Crippen LogP contribution is 2.33. The van der Waals surface area contributed by atoms with Gasteiger partial charge in [-0.15, -0.1) is 11.3 Å². The first-order valence-electron chi connectivity index (χ1n) is 8.38. The van der Waals surface area contributed by atoms with Crippen LogP contribution >= 0.6 is 22.9 Å². The quantitative estimate of drug-likeness (QED) is 0.517. The molecule has 0 aliphatic carbocycles. The summed E-state index contributed by atoms with van der Waals surface area (Å²) >= 11 is 7.52. The summed E-state index contributed by atoms with van der Waals surface area (Å²) in [5.74, 6) is 0.986. The average molecular weight is 398 g/mol. The van der Waals surface area contributed by atoms with Crippen LogP contribution in [0.4, 0.5) is 0 Å². The monoisotopic (exact) mass is 397 g/mol. The number of benzene rings is 1. The maximum atomic E-state index is 12.7. The Morgan fingerprint density at radius 3 is 2.74 bits per heavy atom. The lowest BCUT2D eigenvalue weighted by Crippen LogP contribution is -2.22. The summed E-state index contributed by atoms with van der Waals surface area (Å²) in [6.45, 7) is 4.21. The number of fused-ring (bicyclic) bond motifs is 1. The number of aryl methyl sites for hydroxylation is 2. The molecule has 0 aliphatic heterocycles. The predicted molar refractivity (Wildman–Crippen MR) is 107 cm³/mol. The fourth-order valence-corrected chi connectivity index (χ4v) is 4.32. The average Bonchev–Trinajstić information content (AvgIpc) is 3.29. The van der Waals surface area contributed by atoms with Crippen LogP contribution in [0.3, 0.4) is 0 Å². The smallest absolute Gasteiger partial charge is 0.261 e. The van der Waals surface area contributed by atoms with Gasteiger partial charge in [0.05, 0.1) is 16.8 Å². The Bertz CT molecular complexity index is 1140. The number of nitrogens with one attached hydrogen (secondary N) is 1. The molecule has 0 fully saturated rings. The summed E-state index contributed by atoms with van der Waals surface area (Å²) < 4.78 is 5.39. The van der Waals surface area contributed by atoms with E-state index in [1.165, 1.54) is 11.3 Å². The SMILES string of the molecule is Cc1nc(-c2ccco2)nc2sc(C(=O)NCc3ccccc3Cl)c(C)c12. The molecule has 27 heavy (non-hydrogen) atoms. The van der Waals surface area contributed by atoms with Gasteiger partial charge in [-0.1, -0.05) is 29.8 Å². The number of hydrogen-bond donors (Lipinski definition) is 1. The lowest BCUT2D eigenvalue weighted by molar-refractivity contribution is 0.0954. The number of nitrogens with zero attached hydrogens (tertiary/aromatic N) is 2. The first-order chi connectivity index (χ1) is 13.0. The number of halogens is 1. The second kappa shape index (κ2) is 7.13. The molecule has 0 aliphatic rings. The molecule has 4 aromatic rings. The standard InChI is InChI=1S/C20H16ClN3O2S/c1-11-16-12(2)23-18(15-8-5-9-26-15)24-20(16)27-17(11)19(25)22-10-13-6-3-4-7-14(13)21/h3-9H,10H2,1-2H3,(H,22,25). The summed E-state index contributed by atoms with van der Waals surface area (Å²) in [7, 11) is 0. The van der Waals surface area contributed by atoms with Crippen LogP contribution in [-0.4, -0.2) is 15.9 Å². The van der Waals surface area contributed by atoms with E-state index in [1.54, 1.807) is 12.3 Å². The van der Waals surface area contributed by atoms with Crippen molar-refractivity contribution < 1.29 is 9.21 Å². The molecule has 0 saturated carbocycles. The van der Waals surface area contributed by atoms with Crippen LogP contribution in [0.25, 0.3) is 21.8 Å². The van der Waals surface area contributed by atoms with Crippen molar-refractivity contribution in [2.45, 2.75) is 20.4 Å². The van der Waals surface area contributed by atoms with Gasteiger partial charge in [-0.3, -0.25) is 4.79 Å². The highest BCUT2D eigenvalue weighted by atomic mass is 35.5. The first-order valence-corrected chi connectivity index (χ1v) is 9.57. The Kier molecular flexibility index (Phi) is 4.68. The van der Waals surface area contributed by atoms with E-state index >= 15 is 0 Å². The largest absolute Gasteiger partial charge is 0.461 e. The van der Waals surface area contributed by atoms with Crippen molar-refractivity contribution in [1.29, 1.82) is 0 Å². The minimum absolute atomic E-state index is 0.144. The molecule has 1 N–H and O–H groups in total. The van der Waals surface area contributed by atoms with Crippen molar-refractivity contribution in [2.75, 3.05) is 0 Å². The van der Waals surface area contributed by atoms with Gasteiger partial charge in [-0.05, 0) is 43.2 Å². The van der Waals surface area contributed by atoms with E-state index in [0.717, 1.165) is 27.0 Å². The first kappa shape index (κ1) is 17.7. The fraction of sp³-hybridized carbons (Fsp3) is 0.150. The van der Waals surface area contributed by atoms with Crippen molar-refractivity contribution in [3.63, 3.8) is 0 Å². The van der Waals surface area contributed by atoms with E-state index in [4.69, 9.17) is 16.0 Å². The number of rotatable bonds is 4. The van der Waals surface area contributed by atoms with E-state index in [-0.39, 0.29) is 5.91 Å². The number of hydrogen-bond acceptors (Lipinski definition) is 5. The molecule has 3 heterocycles. The van der Waals surface area contributed by atoms with E-state index in [1.807, 2.05) is 44.2 Å². The van der Waals surface area contributed by atoms with Gasteiger partial charge in [0.1, 0.15) is 4.83 Å². The van der Waals surface area contributed by atoms with Gasteiger partial charge < -0.3 is 9.73 Å².